The molecule has 0 aliphatic rings. The largest absolute Gasteiger partial charge is 0.277 e. The zero-order valence-corrected chi connectivity index (χ0v) is 20.8. The van der Waals surface area contributed by atoms with Gasteiger partial charge in [0.25, 0.3) is 11.9 Å². The van der Waals surface area contributed by atoms with Crippen molar-refractivity contribution >= 4 is 28.7 Å². The Balaban J connectivity index is 1.55. The van der Waals surface area contributed by atoms with Gasteiger partial charge in [-0.2, -0.15) is 9.61 Å². The van der Waals surface area contributed by atoms with E-state index in [1.54, 1.807) is 21.9 Å². The molecule has 1 amide bonds. The van der Waals surface area contributed by atoms with Crippen molar-refractivity contribution in [3.05, 3.63) is 145 Å². The fourth-order valence-electron chi connectivity index (χ4n) is 4.44. The third-order valence-electron chi connectivity index (χ3n) is 6.40. The summed E-state index contributed by atoms with van der Waals surface area (Å²) in [6, 6.07) is 39.3. The number of amides is 1. The summed E-state index contributed by atoms with van der Waals surface area (Å²) in [6.07, 6.45) is 3.46. The number of fused-ring (bicyclic) bond motifs is 1. The van der Waals surface area contributed by atoms with Crippen LogP contribution in [0.4, 0.5) is 17.3 Å². The second-order valence-electron chi connectivity index (χ2n) is 8.96. The number of carbonyl (C=O) groups excluding carboxylic acids is 1. The van der Waals surface area contributed by atoms with Gasteiger partial charge in [0.1, 0.15) is 0 Å². The molecular formula is C32H25N5O. The number of para-hydroxylation sites is 1. The summed E-state index contributed by atoms with van der Waals surface area (Å²) in [4.78, 5) is 18.9. The lowest BCUT2D eigenvalue weighted by atomic mass is 10.1. The molecule has 0 N–H and O–H groups in total. The molecule has 0 saturated carbocycles. The summed E-state index contributed by atoms with van der Waals surface area (Å²) in [5.74, 6) is 0.304. The monoisotopic (exact) mass is 495 g/mol. The van der Waals surface area contributed by atoms with Gasteiger partial charge in [-0.3, -0.25) is 4.79 Å². The average molecular weight is 496 g/mol. The van der Waals surface area contributed by atoms with Crippen LogP contribution in [0.5, 0.6) is 0 Å². The van der Waals surface area contributed by atoms with Crippen LogP contribution in [0.25, 0.3) is 16.6 Å². The van der Waals surface area contributed by atoms with E-state index in [1.807, 2.05) is 109 Å². The van der Waals surface area contributed by atoms with Gasteiger partial charge in [0.2, 0.25) is 0 Å². The van der Waals surface area contributed by atoms with Crippen molar-refractivity contribution in [2.75, 3.05) is 10.0 Å². The van der Waals surface area contributed by atoms with E-state index in [0.29, 0.717) is 17.2 Å². The van der Waals surface area contributed by atoms with Gasteiger partial charge in [0.15, 0.2) is 0 Å². The van der Waals surface area contributed by atoms with Gasteiger partial charge in [0.05, 0.1) is 23.1 Å². The molecule has 184 valence electrons. The first-order valence-corrected chi connectivity index (χ1v) is 12.4. The van der Waals surface area contributed by atoms with Crippen LogP contribution in [0.1, 0.15) is 15.9 Å². The van der Waals surface area contributed by atoms with Gasteiger partial charge in [-0.1, -0.05) is 78.4 Å². The maximum absolute atomic E-state index is 14.2. The lowest BCUT2D eigenvalue weighted by Gasteiger charge is -2.35. The highest BCUT2D eigenvalue weighted by molar-refractivity contribution is 6.08. The van der Waals surface area contributed by atoms with E-state index in [0.717, 1.165) is 27.9 Å². The number of hydrogen-bond acceptors (Lipinski definition) is 4. The molecule has 0 spiro atoms. The molecule has 6 heteroatoms. The molecule has 0 unspecified atom stereocenters. The Morgan fingerprint density at radius 1 is 0.658 bits per heavy atom. The first kappa shape index (κ1) is 23.2. The molecule has 0 aliphatic heterocycles. The standard InChI is InChI=1S/C32H25N5O/c1-24-12-14-27(15-13-24)31(38)36(29-10-6-3-7-11-29)37(32-33-22-20-28-21-23-34-35(28)32)30-18-16-26(17-19-30)25-8-4-2-5-9-25/h2-23H,1H3. The molecule has 0 atom stereocenters. The van der Waals surface area contributed by atoms with E-state index in [-0.39, 0.29) is 5.91 Å². The molecule has 38 heavy (non-hydrogen) atoms. The SMILES string of the molecule is Cc1ccc(C(=O)N(c2ccccc2)N(c2ccc(-c3ccccc3)cc2)c2nccc3ccnn23)cc1. The third-order valence-corrected chi connectivity index (χ3v) is 6.40. The second kappa shape index (κ2) is 10.0. The highest BCUT2D eigenvalue weighted by Crippen LogP contribution is 2.33. The molecule has 2 heterocycles. The van der Waals surface area contributed by atoms with Crippen LogP contribution in [0.3, 0.4) is 0 Å². The fourth-order valence-corrected chi connectivity index (χ4v) is 4.44. The van der Waals surface area contributed by atoms with Crippen molar-refractivity contribution in [3.63, 3.8) is 0 Å². The van der Waals surface area contributed by atoms with Crippen molar-refractivity contribution in [2.45, 2.75) is 6.92 Å². The van der Waals surface area contributed by atoms with Crippen molar-refractivity contribution in [3.8, 4) is 11.1 Å². The first-order chi connectivity index (χ1) is 18.7. The second-order valence-corrected chi connectivity index (χ2v) is 8.96. The van der Waals surface area contributed by atoms with E-state index >= 15 is 0 Å². The molecule has 4 aromatic carbocycles. The Labute approximate surface area is 221 Å². The van der Waals surface area contributed by atoms with Gasteiger partial charge in [-0.25, -0.2) is 15.0 Å². The number of nitrogens with zero attached hydrogens (tertiary/aromatic N) is 5. The number of aryl methyl sites for hydroxylation is 1. The summed E-state index contributed by atoms with van der Waals surface area (Å²) in [7, 11) is 0. The summed E-state index contributed by atoms with van der Waals surface area (Å²) < 4.78 is 1.74. The number of carbonyl (C=O) groups is 1. The van der Waals surface area contributed by atoms with E-state index < -0.39 is 0 Å². The number of rotatable bonds is 6. The number of benzene rings is 4. The highest BCUT2D eigenvalue weighted by atomic mass is 16.2. The summed E-state index contributed by atoms with van der Waals surface area (Å²) >= 11 is 0. The normalized spacial score (nSPS) is 10.9. The van der Waals surface area contributed by atoms with E-state index in [1.165, 1.54) is 0 Å². The molecule has 0 radical (unpaired) electrons. The lowest BCUT2D eigenvalue weighted by molar-refractivity contribution is 0.0986. The Bertz CT molecular complexity index is 1680. The van der Waals surface area contributed by atoms with Crippen LogP contribution in [0.2, 0.25) is 0 Å². The molecule has 0 aliphatic carbocycles. The number of hydrazine groups is 1. The van der Waals surface area contributed by atoms with E-state index in [9.17, 15) is 4.79 Å². The molecular weight excluding hydrogens is 470 g/mol. The molecule has 6 rings (SSSR count). The van der Waals surface area contributed by atoms with Gasteiger partial charge in [0, 0.05) is 11.8 Å². The van der Waals surface area contributed by atoms with Gasteiger partial charge < -0.3 is 0 Å². The summed E-state index contributed by atoms with van der Waals surface area (Å²) in [6.45, 7) is 2.01. The Morgan fingerprint density at radius 3 is 2.00 bits per heavy atom. The molecule has 2 aromatic heterocycles. The van der Waals surface area contributed by atoms with Crippen molar-refractivity contribution in [1.29, 1.82) is 0 Å². The summed E-state index contributed by atoms with van der Waals surface area (Å²) in [5.41, 5.74) is 6.20. The van der Waals surface area contributed by atoms with Crippen LogP contribution in [0, 0.1) is 6.92 Å². The number of hydrogen-bond donors (Lipinski definition) is 0. The van der Waals surface area contributed by atoms with E-state index in [2.05, 4.69) is 29.4 Å². The average Bonchev–Trinajstić information content (AvgIpc) is 3.47. The Kier molecular flexibility index (Phi) is 6.12. The Hall–Kier alpha value is -5.23. The molecule has 0 saturated heterocycles. The quantitative estimate of drug-likeness (QED) is 0.231. The molecule has 0 fully saturated rings. The highest BCUT2D eigenvalue weighted by Gasteiger charge is 2.29. The predicted molar refractivity (Wildman–Crippen MR) is 151 cm³/mol. The zero-order chi connectivity index (χ0) is 25.9. The minimum absolute atomic E-state index is 0.186. The van der Waals surface area contributed by atoms with Crippen molar-refractivity contribution in [1.82, 2.24) is 14.6 Å². The topological polar surface area (TPSA) is 53.7 Å². The third kappa shape index (κ3) is 4.40. The van der Waals surface area contributed by atoms with Crippen LogP contribution in [-0.2, 0) is 0 Å². The van der Waals surface area contributed by atoms with Crippen LogP contribution >= 0.6 is 0 Å². The minimum atomic E-state index is -0.186. The number of aromatic nitrogens is 3. The number of anilines is 3. The van der Waals surface area contributed by atoms with E-state index in [4.69, 9.17) is 4.98 Å². The summed E-state index contributed by atoms with van der Waals surface area (Å²) in [5, 5.41) is 8.01. The van der Waals surface area contributed by atoms with Crippen LogP contribution in [0.15, 0.2) is 134 Å². The van der Waals surface area contributed by atoms with Gasteiger partial charge >= 0.3 is 0 Å². The molecule has 0 bridgehead atoms. The van der Waals surface area contributed by atoms with Crippen LogP contribution in [-0.4, -0.2) is 20.5 Å². The molecule has 6 nitrogen and oxygen atoms in total. The fraction of sp³-hybridized carbons (Fsp3) is 0.0312. The Morgan fingerprint density at radius 2 is 1.29 bits per heavy atom. The van der Waals surface area contributed by atoms with Gasteiger partial charge in [-0.15, -0.1) is 0 Å². The zero-order valence-electron chi connectivity index (χ0n) is 20.8. The van der Waals surface area contributed by atoms with Crippen molar-refractivity contribution in [2.24, 2.45) is 0 Å². The van der Waals surface area contributed by atoms with Crippen molar-refractivity contribution < 1.29 is 4.79 Å². The maximum atomic E-state index is 14.2. The molecule has 6 aromatic rings. The van der Waals surface area contributed by atoms with Crippen LogP contribution < -0.4 is 10.0 Å². The minimum Gasteiger partial charge on any atom is -0.267 e. The lowest BCUT2D eigenvalue weighted by Crippen LogP contribution is -2.45. The first-order valence-electron chi connectivity index (χ1n) is 12.4. The van der Waals surface area contributed by atoms with Gasteiger partial charge in [-0.05, 0) is 66.6 Å². The maximum Gasteiger partial charge on any atom is 0.277 e. The predicted octanol–water partition coefficient (Wildman–Crippen LogP) is 7.10. The smallest absolute Gasteiger partial charge is 0.267 e.